The number of halogens is 1. The summed E-state index contributed by atoms with van der Waals surface area (Å²) >= 11 is 0. The van der Waals surface area contributed by atoms with Gasteiger partial charge in [0.05, 0.1) is 5.92 Å². The first-order valence-corrected chi connectivity index (χ1v) is 9.00. The van der Waals surface area contributed by atoms with Crippen LogP contribution in [0.25, 0.3) is 0 Å². The molecule has 2 bridgehead atoms. The van der Waals surface area contributed by atoms with E-state index < -0.39 is 6.04 Å². The molecular weight excluding hydrogens is 338 g/mol. The van der Waals surface area contributed by atoms with E-state index in [0.29, 0.717) is 18.3 Å². The molecule has 1 saturated heterocycles. The lowest BCUT2D eigenvalue weighted by Crippen LogP contribution is -2.50. The summed E-state index contributed by atoms with van der Waals surface area (Å²) in [5.74, 6) is 0.750. The number of para-hydroxylation sites is 1. The van der Waals surface area contributed by atoms with E-state index in [4.69, 9.17) is 5.73 Å². The van der Waals surface area contributed by atoms with Crippen LogP contribution in [0, 0.1) is 17.8 Å². The Labute approximate surface area is 154 Å². The summed E-state index contributed by atoms with van der Waals surface area (Å²) in [6, 6.07) is 9.27. The SMILES string of the molecule is CC1CC(NC(=O)C2C3CCC(C3)C2N)C(=O)N1c1ccccc1.Cl. The number of anilines is 1. The maximum absolute atomic E-state index is 12.8. The van der Waals surface area contributed by atoms with E-state index in [1.807, 2.05) is 37.3 Å². The number of nitrogens with zero attached hydrogens (tertiary/aromatic N) is 1. The minimum atomic E-state index is -0.431. The van der Waals surface area contributed by atoms with Crippen molar-refractivity contribution < 1.29 is 9.59 Å². The number of fused-ring (bicyclic) bond motifs is 2. The quantitative estimate of drug-likeness (QED) is 0.863. The molecular formula is C19H26ClN3O2. The van der Waals surface area contributed by atoms with Crippen molar-refractivity contribution in [3.63, 3.8) is 0 Å². The Morgan fingerprint density at radius 1 is 1.16 bits per heavy atom. The zero-order chi connectivity index (χ0) is 16.8. The van der Waals surface area contributed by atoms with Gasteiger partial charge in [-0.05, 0) is 56.6 Å². The van der Waals surface area contributed by atoms with E-state index in [-0.39, 0.29) is 42.2 Å². The Balaban J connectivity index is 0.00000182. The largest absolute Gasteiger partial charge is 0.344 e. The molecule has 3 N–H and O–H groups in total. The molecule has 25 heavy (non-hydrogen) atoms. The summed E-state index contributed by atoms with van der Waals surface area (Å²) in [6.45, 7) is 2.03. The number of carbonyl (C=O) groups excluding carboxylic acids is 2. The monoisotopic (exact) mass is 363 g/mol. The van der Waals surface area contributed by atoms with Gasteiger partial charge in [-0.25, -0.2) is 0 Å². The van der Waals surface area contributed by atoms with E-state index in [9.17, 15) is 9.59 Å². The van der Waals surface area contributed by atoms with E-state index in [2.05, 4.69) is 5.32 Å². The van der Waals surface area contributed by atoms with Crippen LogP contribution in [0.4, 0.5) is 5.69 Å². The third kappa shape index (κ3) is 3.04. The second kappa shape index (κ2) is 6.96. The molecule has 6 unspecified atom stereocenters. The molecule has 1 aromatic carbocycles. The topological polar surface area (TPSA) is 75.4 Å². The average Bonchev–Trinajstić information content (AvgIpc) is 3.23. The van der Waals surface area contributed by atoms with Crippen LogP contribution < -0.4 is 16.0 Å². The molecule has 136 valence electrons. The van der Waals surface area contributed by atoms with Gasteiger partial charge in [0.25, 0.3) is 0 Å². The van der Waals surface area contributed by atoms with Crippen molar-refractivity contribution >= 4 is 29.9 Å². The molecule has 0 aromatic heterocycles. The van der Waals surface area contributed by atoms with Crippen LogP contribution in [-0.2, 0) is 9.59 Å². The Morgan fingerprint density at radius 3 is 2.48 bits per heavy atom. The molecule has 3 fully saturated rings. The highest BCUT2D eigenvalue weighted by atomic mass is 35.5. The number of nitrogens with one attached hydrogen (secondary N) is 1. The van der Waals surface area contributed by atoms with E-state index in [1.54, 1.807) is 4.90 Å². The van der Waals surface area contributed by atoms with Gasteiger partial charge in [-0.2, -0.15) is 0 Å². The normalized spacial score (nSPS) is 36.4. The molecule has 3 aliphatic rings. The zero-order valence-corrected chi connectivity index (χ0v) is 15.2. The van der Waals surface area contributed by atoms with E-state index >= 15 is 0 Å². The highest BCUT2D eigenvalue weighted by Gasteiger charge is 2.50. The van der Waals surface area contributed by atoms with Crippen LogP contribution in [-0.4, -0.2) is 29.9 Å². The molecule has 0 spiro atoms. The van der Waals surface area contributed by atoms with Crippen LogP contribution in [0.1, 0.15) is 32.6 Å². The molecule has 0 radical (unpaired) electrons. The summed E-state index contributed by atoms with van der Waals surface area (Å²) in [4.78, 5) is 27.3. The highest BCUT2D eigenvalue weighted by Crippen LogP contribution is 2.47. The van der Waals surface area contributed by atoms with Crippen molar-refractivity contribution in [3.8, 4) is 0 Å². The fourth-order valence-electron chi connectivity index (χ4n) is 5.02. The first kappa shape index (κ1) is 18.2. The fraction of sp³-hybridized carbons (Fsp3) is 0.579. The number of benzene rings is 1. The highest BCUT2D eigenvalue weighted by molar-refractivity contribution is 6.02. The number of carbonyl (C=O) groups is 2. The van der Waals surface area contributed by atoms with Crippen molar-refractivity contribution in [3.05, 3.63) is 30.3 Å². The Bertz CT molecular complexity index is 651. The van der Waals surface area contributed by atoms with Crippen LogP contribution in [0.15, 0.2) is 30.3 Å². The molecule has 2 saturated carbocycles. The van der Waals surface area contributed by atoms with Crippen molar-refractivity contribution in [1.82, 2.24) is 5.32 Å². The Kier molecular flexibility index (Phi) is 5.07. The summed E-state index contributed by atoms with van der Waals surface area (Å²) in [6.07, 6.45) is 3.97. The molecule has 6 heteroatoms. The Morgan fingerprint density at radius 2 is 1.84 bits per heavy atom. The molecule has 5 nitrogen and oxygen atoms in total. The molecule has 2 amide bonds. The van der Waals surface area contributed by atoms with Crippen molar-refractivity contribution in [2.45, 2.75) is 50.7 Å². The number of rotatable bonds is 3. The molecule has 1 aliphatic heterocycles. The fourth-order valence-corrected chi connectivity index (χ4v) is 5.02. The van der Waals surface area contributed by atoms with E-state index in [1.165, 1.54) is 0 Å². The van der Waals surface area contributed by atoms with E-state index in [0.717, 1.165) is 24.9 Å². The summed E-state index contributed by atoms with van der Waals surface area (Å²) in [5, 5.41) is 3.01. The van der Waals surface area contributed by atoms with Crippen LogP contribution in [0.5, 0.6) is 0 Å². The molecule has 4 rings (SSSR count). The standard InChI is InChI=1S/C19H25N3O2.ClH/c1-11-9-15(19(24)22(11)14-5-3-2-4-6-14)21-18(23)16-12-7-8-13(10-12)17(16)20;/h2-6,11-13,15-17H,7-10,20H2,1H3,(H,21,23);1H. The van der Waals surface area contributed by atoms with Crippen LogP contribution >= 0.6 is 12.4 Å². The first-order chi connectivity index (χ1) is 11.6. The number of nitrogens with two attached hydrogens (primary N) is 1. The first-order valence-electron chi connectivity index (χ1n) is 9.00. The maximum atomic E-state index is 12.8. The van der Waals surface area contributed by atoms with Crippen molar-refractivity contribution in [1.29, 1.82) is 0 Å². The van der Waals surface area contributed by atoms with Gasteiger partial charge in [0.1, 0.15) is 6.04 Å². The van der Waals surface area contributed by atoms with Gasteiger partial charge in [-0.1, -0.05) is 18.2 Å². The average molecular weight is 364 g/mol. The van der Waals surface area contributed by atoms with Gasteiger partial charge >= 0.3 is 0 Å². The van der Waals surface area contributed by atoms with Gasteiger partial charge in [0.2, 0.25) is 11.8 Å². The molecule has 1 aromatic rings. The summed E-state index contributed by atoms with van der Waals surface area (Å²) in [7, 11) is 0. The van der Waals surface area contributed by atoms with Gasteiger partial charge < -0.3 is 16.0 Å². The summed E-state index contributed by atoms with van der Waals surface area (Å²) < 4.78 is 0. The lowest BCUT2D eigenvalue weighted by Gasteiger charge is -2.28. The lowest BCUT2D eigenvalue weighted by atomic mass is 9.84. The smallest absolute Gasteiger partial charge is 0.249 e. The second-order valence-corrected chi connectivity index (χ2v) is 7.63. The molecule has 1 heterocycles. The minimum Gasteiger partial charge on any atom is -0.344 e. The van der Waals surface area contributed by atoms with Gasteiger partial charge in [0, 0.05) is 17.8 Å². The predicted molar refractivity (Wildman–Crippen MR) is 99.5 cm³/mol. The Hall–Kier alpha value is -1.59. The number of hydrogen-bond donors (Lipinski definition) is 2. The van der Waals surface area contributed by atoms with Gasteiger partial charge in [0.15, 0.2) is 0 Å². The molecule has 6 atom stereocenters. The van der Waals surface area contributed by atoms with Gasteiger partial charge in [-0.3, -0.25) is 9.59 Å². The van der Waals surface area contributed by atoms with Crippen LogP contribution in [0.2, 0.25) is 0 Å². The van der Waals surface area contributed by atoms with Crippen LogP contribution in [0.3, 0.4) is 0 Å². The van der Waals surface area contributed by atoms with Gasteiger partial charge in [-0.15, -0.1) is 12.4 Å². The maximum Gasteiger partial charge on any atom is 0.249 e. The lowest BCUT2D eigenvalue weighted by molar-refractivity contribution is -0.130. The van der Waals surface area contributed by atoms with Crippen molar-refractivity contribution in [2.24, 2.45) is 23.5 Å². The third-order valence-electron chi connectivity index (χ3n) is 6.19. The molecule has 2 aliphatic carbocycles. The number of hydrogen-bond acceptors (Lipinski definition) is 3. The number of amides is 2. The second-order valence-electron chi connectivity index (χ2n) is 7.63. The summed E-state index contributed by atoms with van der Waals surface area (Å²) in [5.41, 5.74) is 7.16. The third-order valence-corrected chi connectivity index (χ3v) is 6.19. The minimum absolute atomic E-state index is 0. The zero-order valence-electron chi connectivity index (χ0n) is 14.4. The van der Waals surface area contributed by atoms with Crippen molar-refractivity contribution in [2.75, 3.05) is 4.90 Å². The predicted octanol–water partition coefficient (Wildman–Crippen LogP) is 2.09.